The Morgan fingerprint density at radius 1 is 1.08 bits per heavy atom. The van der Waals surface area contributed by atoms with Crippen molar-refractivity contribution in [1.29, 1.82) is 0 Å². The number of aliphatic hydroxyl groups excluding tert-OH is 5. The van der Waals surface area contributed by atoms with Crippen molar-refractivity contribution in [3.8, 4) is 0 Å². The van der Waals surface area contributed by atoms with E-state index in [0.29, 0.717) is 0 Å². The lowest BCUT2D eigenvalue weighted by molar-refractivity contribution is -0.191. The van der Waals surface area contributed by atoms with Gasteiger partial charge in [0.25, 0.3) is 0 Å². The highest BCUT2D eigenvalue weighted by molar-refractivity contribution is 4.76. The van der Waals surface area contributed by atoms with Gasteiger partial charge in [-0.3, -0.25) is 0 Å². The van der Waals surface area contributed by atoms with Crippen molar-refractivity contribution < 1.29 is 30.3 Å². The summed E-state index contributed by atoms with van der Waals surface area (Å²) < 4.78 is 4.33. The minimum atomic E-state index is -1.59. The van der Waals surface area contributed by atoms with Crippen molar-refractivity contribution >= 4 is 0 Å². The zero-order chi connectivity index (χ0) is 10.4. The van der Waals surface area contributed by atoms with Crippen molar-refractivity contribution in [2.24, 2.45) is 0 Å². The normalized spacial score (nSPS) is 20.8. The SMILES string of the molecule is CO[C@H](O)C(O)[C@H](O)[C@H](O)CCO. The maximum atomic E-state index is 9.17. The van der Waals surface area contributed by atoms with Gasteiger partial charge in [-0.25, -0.2) is 0 Å². The highest BCUT2D eigenvalue weighted by Gasteiger charge is 2.29. The van der Waals surface area contributed by atoms with Crippen molar-refractivity contribution in [3.05, 3.63) is 0 Å². The van der Waals surface area contributed by atoms with Gasteiger partial charge in [0, 0.05) is 13.7 Å². The molecule has 0 spiro atoms. The molecule has 5 N–H and O–H groups in total. The van der Waals surface area contributed by atoms with Crippen molar-refractivity contribution in [2.45, 2.75) is 31.0 Å². The minimum absolute atomic E-state index is 0.0747. The van der Waals surface area contributed by atoms with E-state index in [-0.39, 0.29) is 13.0 Å². The predicted molar refractivity (Wildman–Crippen MR) is 42.7 cm³/mol. The fraction of sp³-hybridized carbons (Fsp3) is 1.00. The quantitative estimate of drug-likeness (QED) is 0.298. The molecular formula is C7H16O6. The van der Waals surface area contributed by atoms with E-state index in [2.05, 4.69) is 4.74 Å². The minimum Gasteiger partial charge on any atom is -0.396 e. The van der Waals surface area contributed by atoms with Crippen molar-refractivity contribution in [2.75, 3.05) is 13.7 Å². The number of hydrogen-bond acceptors (Lipinski definition) is 6. The molecule has 1 unspecified atom stereocenters. The van der Waals surface area contributed by atoms with Crippen LogP contribution in [0.4, 0.5) is 0 Å². The molecule has 0 fully saturated rings. The summed E-state index contributed by atoms with van der Waals surface area (Å²) in [6.45, 7) is -0.311. The summed E-state index contributed by atoms with van der Waals surface area (Å²) in [5.74, 6) is 0. The maximum absolute atomic E-state index is 9.17. The van der Waals surface area contributed by atoms with Crippen molar-refractivity contribution in [1.82, 2.24) is 0 Å². The molecule has 4 atom stereocenters. The molecule has 0 saturated carbocycles. The van der Waals surface area contributed by atoms with Gasteiger partial charge >= 0.3 is 0 Å². The van der Waals surface area contributed by atoms with Gasteiger partial charge in [0.05, 0.1) is 6.10 Å². The van der Waals surface area contributed by atoms with E-state index in [4.69, 9.17) is 25.5 Å². The maximum Gasteiger partial charge on any atom is 0.183 e. The highest BCUT2D eigenvalue weighted by atomic mass is 16.6. The van der Waals surface area contributed by atoms with Crippen LogP contribution in [-0.2, 0) is 4.74 Å². The Morgan fingerprint density at radius 3 is 2.00 bits per heavy atom. The summed E-state index contributed by atoms with van der Waals surface area (Å²) in [7, 11) is 1.15. The average molecular weight is 196 g/mol. The van der Waals surface area contributed by atoms with Crippen LogP contribution in [0.25, 0.3) is 0 Å². The molecule has 0 aliphatic rings. The Kier molecular flexibility index (Phi) is 6.13. The molecule has 0 aromatic heterocycles. The smallest absolute Gasteiger partial charge is 0.183 e. The molecule has 0 amide bonds. The molecule has 0 aromatic rings. The molecule has 80 valence electrons. The Labute approximate surface area is 76.0 Å². The monoisotopic (exact) mass is 196 g/mol. The molecule has 6 heteroatoms. The van der Waals surface area contributed by atoms with E-state index >= 15 is 0 Å². The van der Waals surface area contributed by atoms with Crippen LogP contribution in [0, 0.1) is 0 Å². The number of aliphatic hydroxyl groups is 5. The fourth-order valence-corrected chi connectivity index (χ4v) is 0.839. The molecule has 0 aromatic carbocycles. The van der Waals surface area contributed by atoms with E-state index in [9.17, 15) is 0 Å². The lowest BCUT2D eigenvalue weighted by atomic mass is 10.1. The first-order valence-electron chi connectivity index (χ1n) is 3.90. The first-order valence-corrected chi connectivity index (χ1v) is 3.90. The van der Waals surface area contributed by atoms with E-state index < -0.39 is 24.6 Å². The third-order valence-electron chi connectivity index (χ3n) is 1.70. The number of ether oxygens (including phenoxy) is 1. The molecule has 0 aliphatic carbocycles. The van der Waals surface area contributed by atoms with Gasteiger partial charge in [-0.15, -0.1) is 0 Å². The van der Waals surface area contributed by atoms with Gasteiger partial charge in [-0.05, 0) is 6.42 Å². The fourth-order valence-electron chi connectivity index (χ4n) is 0.839. The standard InChI is InChI=1S/C7H16O6/c1-13-7(12)6(11)5(10)4(9)2-3-8/h4-12H,2-3H2,1H3/t4-,5-,6?,7+/m1/s1. The molecule has 0 heterocycles. The second-order valence-corrected chi connectivity index (χ2v) is 2.69. The van der Waals surface area contributed by atoms with Gasteiger partial charge < -0.3 is 30.3 Å². The summed E-state index contributed by atoms with van der Waals surface area (Å²) in [6, 6.07) is 0. The second-order valence-electron chi connectivity index (χ2n) is 2.69. The lowest BCUT2D eigenvalue weighted by Gasteiger charge is -2.25. The summed E-state index contributed by atoms with van der Waals surface area (Å²) in [5.41, 5.74) is 0. The lowest BCUT2D eigenvalue weighted by Crippen LogP contribution is -2.45. The van der Waals surface area contributed by atoms with Crippen molar-refractivity contribution in [3.63, 3.8) is 0 Å². The van der Waals surface area contributed by atoms with E-state index in [0.717, 1.165) is 7.11 Å². The van der Waals surface area contributed by atoms with Crippen LogP contribution in [0.5, 0.6) is 0 Å². The number of hydrogen-bond donors (Lipinski definition) is 5. The van der Waals surface area contributed by atoms with Crippen LogP contribution in [0.2, 0.25) is 0 Å². The summed E-state index contributed by atoms with van der Waals surface area (Å²) in [6.07, 6.45) is -6.05. The molecule has 0 saturated heterocycles. The van der Waals surface area contributed by atoms with Crippen LogP contribution in [0.3, 0.4) is 0 Å². The Balaban J connectivity index is 3.99. The van der Waals surface area contributed by atoms with E-state index in [1.54, 1.807) is 0 Å². The summed E-state index contributed by atoms with van der Waals surface area (Å²) in [4.78, 5) is 0. The van der Waals surface area contributed by atoms with E-state index in [1.165, 1.54) is 0 Å². The van der Waals surface area contributed by atoms with Gasteiger partial charge in [0.15, 0.2) is 6.29 Å². The molecule has 0 radical (unpaired) electrons. The van der Waals surface area contributed by atoms with Crippen LogP contribution in [0.1, 0.15) is 6.42 Å². The highest BCUT2D eigenvalue weighted by Crippen LogP contribution is 2.07. The molecule has 0 aliphatic heterocycles. The van der Waals surface area contributed by atoms with Gasteiger partial charge in [-0.2, -0.15) is 0 Å². The Hall–Kier alpha value is -0.240. The Bertz CT molecular complexity index is 130. The Morgan fingerprint density at radius 2 is 1.62 bits per heavy atom. The molecule has 6 nitrogen and oxygen atoms in total. The number of rotatable bonds is 6. The van der Waals surface area contributed by atoms with Crippen LogP contribution < -0.4 is 0 Å². The van der Waals surface area contributed by atoms with Crippen LogP contribution >= 0.6 is 0 Å². The zero-order valence-electron chi connectivity index (χ0n) is 7.37. The molecule has 13 heavy (non-hydrogen) atoms. The van der Waals surface area contributed by atoms with Gasteiger partial charge in [-0.1, -0.05) is 0 Å². The summed E-state index contributed by atoms with van der Waals surface area (Å²) in [5, 5.41) is 44.7. The first-order chi connectivity index (χ1) is 6.04. The van der Waals surface area contributed by atoms with Gasteiger partial charge in [0.1, 0.15) is 12.2 Å². The molecule has 0 rings (SSSR count). The molecular weight excluding hydrogens is 180 g/mol. The first kappa shape index (κ1) is 12.8. The van der Waals surface area contributed by atoms with Crippen LogP contribution in [-0.4, -0.2) is 63.9 Å². The number of methoxy groups -OCH3 is 1. The predicted octanol–water partition coefficient (Wildman–Crippen LogP) is -2.58. The third-order valence-corrected chi connectivity index (χ3v) is 1.70. The van der Waals surface area contributed by atoms with Gasteiger partial charge in [0.2, 0.25) is 0 Å². The van der Waals surface area contributed by atoms with Crippen LogP contribution in [0.15, 0.2) is 0 Å². The zero-order valence-corrected chi connectivity index (χ0v) is 7.37. The second kappa shape index (κ2) is 6.25. The van der Waals surface area contributed by atoms with E-state index in [1.807, 2.05) is 0 Å². The largest absolute Gasteiger partial charge is 0.396 e. The summed E-state index contributed by atoms with van der Waals surface area (Å²) >= 11 is 0. The third kappa shape index (κ3) is 3.99. The average Bonchev–Trinajstić information content (AvgIpc) is 2.14. The topological polar surface area (TPSA) is 110 Å². The molecule has 0 bridgehead atoms.